The minimum atomic E-state index is 0.887. The zero-order chi connectivity index (χ0) is 28.9. The van der Waals surface area contributed by atoms with E-state index < -0.39 is 0 Å². The fourth-order valence-electron chi connectivity index (χ4n) is 6.53. The minimum Gasteiger partial charge on any atom is -0.456 e. The first-order valence-electron chi connectivity index (χ1n) is 14.7. The molecule has 0 aliphatic carbocycles. The summed E-state index contributed by atoms with van der Waals surface area (Å²) in [5.74, 6) is 1.78. The molecule has 1 aliphatic rings. The Morgan fingerprint density at radius 1 is 0.651 bits per heavy atom. The number of para-hydroxylation sites is 3. The molecule has 0 radical (unpaired) electrons. The number of hydrogen-bond acceptors (Lipinski definition) is 1. The summed E-state index contributed by atoms with van der Waals surface area (Å²) < 4.78 is 8.74. The van der Waals surface area contributed by atoms with Gasteiger partial charge in [0.2, 0.25) is 0 Å². The average molecular weight is 552 g/mol. The van der Waals surface area contributed by atoms with Crippen LogP contribution in [0.25, 0.3) is 60.5 Å². The highest BCUT2D eigenvalue weighted by Crippen LogP contribution is 2.48. The number of hydrogen-bond donors (Lipinski definition) is 0. The van der Waals surface area contributed by atoms with Gasteiger partial charge in [0.25, 0.3) is 0 Å². The molecule has 43 heavy (non-hydrogen) atoms. The number of allylic oxidation sites excluding steroid dienone is 5. The fraction of sp³-hybridized carbons (Fsp3) is 0.0244. The Hall–Kier alpha value is -5.60. The molecule has 0 saturated heterocycles. The molecule has 8 rings (SSSR count). The van der Waals surface area contributed by atoms with E-state index in [9.17, 15) is 0 Å². The zero-order valence-corrected chi connectivity index (χ0v) is 23.9. The smallest absolute Gasteiger partial charge is 0.135 e. The first-order valence-corrected chi connectivity index (χ1v) is 14.7. The number of ether oxygens (including phenoxy) is 1. The molecule has 2 nitrogen and oxygen atoms in total. The molecule has 0 spiro atoms. The van der Waals surface area contributed by atoms with Crippen LogP contribution in [-0.2, 0) is 0 Å². The van der Waals surface area contributed by atoms with Crippen LogP contribution in [0, 0.1) is 0 Å². The summed E-state index contributed by atoms with van der Waals surface area (Å²) >= 11 is 0. The second-order valence-electron chi connectivity index (χ2n) is 10.9. The van der Waals surface area contributed by atoms with E-state index in [1.54, 1.807) is 0 Å². The van der Waals surface area contributed by atoms with Crippen molar-refractivity contribution in [1.82, 2.24) is 4.57 Å². The highest BCUT2D eigenvalue weighted by molar-refractivity contribution is 6.16. The lowest BCUT2D eigenvalue weighted by atomic mass is 9.86. The minimum absolute atomic E-state index is 0.887. The Morgan fingerprint density at radius 2 is 1.40 bits per heavy atom. The predicted molar refractivity (Wildman–Crippen MR) is 182 cm³/mol. The fourth-order valence-corrected chi connectivity index (χ4v) is 6.53. The summed E-state index contributed by atoms with van der Waals surface area (Å²) in [6, 6.07) is 45.0. The van der Waals surface area contributed by atoms with Crippen LogP contribution in [0.1, 0.15) is 18.1 Å². The van der Waals surface area contributed by atoms with Gasteiger partial charge in [0.15, 0.2) is 0 Å². The van der Waals surface area contributed by atoms with E-state index in [-0.39, 0.29) is 0 Å². The normalized spacial score (nSPS) is 12.6. The molecule has 0 saturated carbocycles. The lowest BCUT2D eigenvalue weighted by Crippen LogP contribution is -1.99. The van der Waals surface area contributed by atoms with Gasteiger partial charge in [-0.25, -0.2) is 0 Å². The second-order valence-corrected chi connectivity index (χ2v) is 10.9. The molecule has 0 unspecified atom stereocenters. The van der Waals surface area contributed by atoms with Crippen molar-refractivity contribution in [2.45, 2.75) is 6.92 Å². The summed E-state index contributed by atoms with van der Waals surface area (Å²) in [6.07, 6.45) is 6.34. The van der Waals surface area contributed by atoms with Gasteiger partial charge in [0, 0.05) is 27.4 Å². The van der Waals surface area contributed by atoms with Crippen molar-refractivity contribution in [2.75, 3.05) is 0 Å². The van der Waals surface area contributed by atoms with Gasteiger partial charge in [-0.1, -0.05) is 116 Å². The number of fused-ring (bicyclic) bond motifs is 5. The molecule has 1 aromatic heterocycles. The maximum Gasteiger partial charge on any atom is 0.135 e. The summed E-state index contributed by atoms with van der Waals surface area (Å²) in [5, 5.41) is 4.76. The first kappa shape index (κ1) is 25.1. The number of benzene rings is 6. The molecular weight excluding hydrogens is 522 g/mol. The third kappa shape index (κ3) is 3.95. The van der Waals surface area contributed by atoms with E-state index in [0.29, 0.717) is 0 Å². The van der Waals surface area contributed by atoms with Crippen LogP contribution < -0.4 is 4.74 Å². The van der Waals surface area contributed by atoms with Crippen molar-refractivity contribution >= 4 is 43.7 Å². The van der Waals surface area contributed by atoms with E-state index in [1.165, 1.54) is 27.4 Å². The lowest BCUT2D eigenvalue weighted by molar-refractivity contribution is 0.487. The van der Waals surface area contributed by atoms with Crippen molar-refractivity contribution < 1.29 is 4.74 Å². The van der Waals surface area contributed by atoms with Gasteiger partial charge in [-0.15, -0.1) is 0 Å². The molecule has 7 aromatic rings. The molecule has 0 fully saturated rings. The van der Waals surface area contributed by atoms with E-state index in [1.807, 2.05) is 19.1 Å². The maximum atomic E-state index is 6.38. The second kappa shape index (κ2) is 10.0. The molecule has 0 amide bonds. The van der Waals surface area contributed by atoms with Gasteiger partial charge < -0.3 is 9.30 Å². The van der Waals surface area contributed by atoms with Gasteiger partial charge in [-0.05, 0) is 76.5 Å². The molecule has 204 valence electrons. The van der Waals surface area contributed by atoms with E-state index in [0.717, 1.165) is 55.8 Å². The van der Waals surface area contributed by atoms with E-state index in [4.69, 9.17) is 11.3 Å². The van der Waals surface area contributed by atoms with Gasteiger partial charge in [-0.2, -0.15) is 0 Å². The summed E-state index contributed by atoms with van der Waals surface area (Å²) in [6.45, 7) is 6.74. The Labute approximate surface area is 251 Å². The van der Waals surface area contributed by atoms with Crippen molar-refractivity contribution in [2.24, 2.45) is 0 Å². The van der Waals surface area contributed by atoms with E-state index >= 15 is 0 Å². The van der Waals surface area contributed by atoms with Crippen LogP contribution in [0.2, 0.25) is 0 Å². The van der Waals surface area contributed by atoms with Crippen LogP contribution in [-0.4, -0.2) is 4.57 Å². The van der Waals surface area contributed by atoms with Crippen LogP contribution in [0.3, 0.4) is 0 Å². The Balaban J connectivity index is 1.32. The molecule has 2 heterocycles. The SMILES string of the molecule is C=C(/C(=C\C=C/C)c1ccc2c3c(cccc13)-c1ccccc1O2)c1ccc2c3ccccc3n(-c3ccccc3)c2c1. The van der Waals surface area contributed by atoms with Crippen LogP contribution in [0.5, 0.6) is 11.5 Å². The number of nitrogens with zero attached hydrogens (tertiary/aromatic N) is 1. The van der Waals surface area contributed by atoms with Crippen LogP contribution in [0.15, 0.2) is 152 Å². The maximum absolute atomic E-state index is 6.38. The molecule has 6 aromatic carbocycles. The third-order valence-corrected chi connectivity index (χ3v) is 8.51. The molecule has 0 N–H and O–H groups in total. The van der Waals surface area contributed by atoms with Crippen molar-refractivity contribution in [3.8, 4) is 28.3 Å². The highest BCUT2D eigenvalue weighted by atomic mass is 16.5. The first-order chi connectivity index (χ1) is 21.2. The van der Waals surface area contributed by atoms with Gasteiger partial charge in [-0.3, -0.25) is 0 Å². The summed E-state index contributed by atoms with van der Waals surface area (Å²) in [7, 11) is 0. The molecule has 1 aliphatic heterocycles. The van der Waals surface area contributed by atoms with Gasteiger partial charge in [0.1, 0.15) is 11.5 Å². The van der Waals surface area contributed by atoms with Crippen molar-refractivity contribution in [1.29, 1.82) is 0 Å². The number of aromatic nitrogens is 1. The molecule has 2 heteroatoms. The Bertz CT molecular complexity index is 2280. The average Bonchev–Trinajstić information content (AvgIpc) is 3.40. The number of rotatable bonds is 5. The van der Waals surface area contributed by atoms with Crippen LogP contribution >= 0.6 is 0 Å². The predicted octanol–water partition coefficient (Wildman–Crippen LogP) is 11.4. The quantitative estimate of drug-likeness (QED) is 0.194. The van der Waals surface area contributed by atoms with E-state index in [2.05, 4.69) is 138 Å². The summed E-state index contributed by atoms with van der Waals surface area (Å²) in [5.41, 5.74) is 10.1. The van der Waals surface area contributed by atoms with Crippen LogP contribution in [0.4, 0.5) is 0 Å². The standard InChI is InChI=1S/C41H29NO/c1-3-4-15-30(31-24-25-40-41-35(31)18-12-19-36(41)34-17-9-11-21-39(34)43-40)27(2)28-22-23-33-32-16-8-10-20-37(32)42(38(33)26-28)29-13-6-5-7-14-29/h3-26H,2H2,1H3/b4-3-,30-15+. The molecule has 0 bridgehead atoms. The third-order valence-electron chi connectivity index (χ3n) is 8.51. The lowest BCUT2D eigenvalue weighted by Gasteiger charge is -2.23. The molecule has 0 atom stereocenters. The summed E-state index contributed by atoms with van der Waals surface area (Å²) in [4.78, 5) is 0. The van der Waals surface area contributed by atoms with Gasteiger partial charge in [0.05, 0.1) is 11.0 Å². The van der Waals surface area contributed by atoms with Gasteiger partial charge >= 0.3 is 0 Å². The van der Waals surface area contributed by atoms with Crippen molar-refractivity contribution in [3.63, 3.8) is 0 Å². The molecular formula is C41H29NO. The highest BCUT2D eigenvalue weighted by Gasteiger charge is 2.23. The Kier molecular flexibility index (Phi) is 5.87. The van der Waals surface area contributed by atoms with Crippen molar-refractivity contribution in [3.05, 3.63) is 163 Å². The topological polar surface area (TPSA) is 14.2 Å². The largest absolute Gasteiger partial charge is 0.456 e. The Morgan fingerprint density at radius 3 is 2.28 bits per heavy atom. The zero-order valence-electron chi connectivity index (χ0n) is 23.9. The monoisotopic (exact) mass is 551 g/mol.